The van der Waals surface area contributed by atoms with Crippen molar-refractivity contribution in [2.75, 3.05) is 12.4 Å². The minimum absolute atomic E-state index is 0.0858. The number of ether oxygens (including phenoxy) is 1. The zero-order valence-corrected chi connectivity index (χ0v) is 17.0. The second-order valence-corrected chi connectivity index (χ2v) is 6.91. The maximum absolute atomic E-state index is 13.0. The number of amides is 1. The monoisotopic (exact) mass is 413 g/mol. The molecule has 31 heavy (non-hydrogen) atoms. The summed E-state index contributed by atoms with van der Waals surface area (Å²) in [6.07, 6.45) is 1.42. The maximum Gasteiger partial charge on any atom is 0.265 e. The number of nitrogens with zero attached hydrogens (tertiary/aromatic N) is 2. The molecule has 4 aromatic rings. The molecule has 1 amide bonds. The van der Waals surface area contributed by atoms with Crippen molar-refractivity contribution in [1.29, 1.82) is 0 Å². The van der Waals surface area contributed by atoms with E-state index in [1.807, 2.05) is 12.1 Å². The molecule has 4 rings (SSSR count). The zero-order valence-electron chi connectivity index (χ0n) is 17.0. The number of benzene rings is 3. The van der Waals surface area contributed by atoms with Crippen LogP contribution < -0.4 is 15.6 Å². The van der Waals surface area contributed by atoms with E-state index in [0.29, 0.717) is 39.2 Å². The zero-order chi connectivity index (χ0) is 22.0. The van der Waals surface area contributed by atoms with Gasteiger partial charge in [-0.1, -0.05) is 24.3 Å². The quantitative estimate of drug-likeness (QED) is 0.502. The van der Waals surface area contributed by atoms with Crippen LogP contribution in [0.1, 0.15) is 27.6 Å². The number of aromatic nitrogens is 2. The molecule has 154 valence electrons. The number of methoxy groups -OCH3 is 1. The topological polar surface area (TPSA) is 90.3 Å². The summed E-state index contributed by atoms with van der Waals surface area (Å²) < 4.78 is 6.75. The van der Waals surface area contributed by atoms with Crippen molar-refractivity contribution >= 4 is 28.3 Å². The first-order chi connectivity index (χ1) is 15.0. The van der Waals surface area contributed by atoms with Crippen LogP contribution in [0.25, 0.3) is 16.6 Å². The highest BCUT2D eigenvalue weighted by Crippen LogP contribution is 2.21. The van der Waals surface area contributed by atoms with Gasteiger partial charge in [0.05, 0.1) is 23.7 Å². The summed E-state index contributed by atoms with van der Waals surface area (Å²) in [5, 5.41) is 3.14. The van der Waals surface area contributed by atoms with Gasteiger partial charge in [0.1, 0.15) is 12.1 Å². The molecule has 0 radical (unpaired) electrons. The van der Waals surface area contributed by atoms with Gasteiger partial charge in [-0.2, -0.15) is 0 Å². The first kappa shape index (κ1) is 20.0. The molecule has 0 unspecified atom stereocenters. The van der Waals surface area contributed by atoms with Crippen molar-refractivity contribution in [3.05, 3.63) is 94.5 Å². The Morgan fingerprint density at radius 2 is 1.77 bits per heavy atom. The minimum atomic E-state index is -0.363. The molecule has 0 aliphatic rings. The van der Waals surface area contributed by atoms with E-state index in [1.165, 1.54) is 24.9 Å². The van der Waals surface area contributed by atoms with Gasteiger partial charge in [0.2, 0.25) is 0 Å². The van der Waals surface area contributed by atoms with E-state index in [1.54, 1.807) is 54.6 Å². The second-order valence-electron chi connectivity index (χ2n) is 6.91. The summed E-state index contributed by atoms with van der Waals surface area (Å²) in [7, 11) is 1.54. The largest absolute Gasteiger partial charge is 0.495 e. The Balaban J connectivity index is 1.67. The van der Waals surface area contributed by atoms with Crippen LogP contribution in [0, 0.1) is 0 Å². The van der Waals surface area contributed by atoms with E-state index in [0.717, 1.165) is 0 Å². The molecule has 0 saturated carbocycles. The molecule has 0 aliphatic carbocycles. The van der Waals surface area contributed by atoms with Gasteiger partial charge in [0, 0.05) is 16.8 Å². The van der Waals surface area contributed by atoms with Crippen molar-refractivity contribution in [3.63, 3.8) is 0 Å². The number of Topliss-reactive ketones (excluding diaryl/α,β-unsaturated/α-hetero) is 1. The number of hydrogen-bond donors (Lipinski definition) is 1. The average molecular weight is 413 g/mol. The van der Waals surface area contributed by atoms with Crippen LogP contribution in [0.3, 0.4) is 0 Å². The summed E-state index contributed by atoms with van der Waals surface area (Å²) in [5.41, 5.74) is 2.09. The van der Waals surface area contributed by atoms with Crippen molar-refractivity contribution in [2.45, 2.75) is 6.92 Å². The molecular formula is C24H19N3O4. The van der Waals surface area contributed by atoms with Crippen LogP contribution in [0.4, 0.5) is 5.69 Å². The van der Waals surface area contributed by atoms with Crippen molar-refractivity contribution in [3.8, 4) is 11.4 Å². The summed E-state index contributed by atoms with van der Waals surface area (Å²) in [4.78, 5) is 41.6. The fourth-order valence-corrected chi connectivity index (χ4v) is 3.28. The SMILES string of the molecule is COc1ccccc1-n1cnc2cc(C(=O)Nc3cccc(C(C)=O)c3)ccc2c1=O. The highest BCUT2D eigenvalue weighted by Gasteiger charge is 2.13. The standard InChI is InChI=1S/C24H19N3O4/c1-15(28)16-6-5-7-18(12-16)26-23(29)17-10-11-19-20(13-17)25-14-27(24(19)30)21-8-3-4-9-22(21)31-2/h3-14H,1-2H3,(H,26,29). The fourth-order valence-electron chi connectivity index (χ4n) is 3.28. The molecule has 7 heteroatoms. The number of carbonyl (C=O) groups is 2. The van der Waals surface area contributed by atoms with Crippen LogP contribution >= 0.6 is 0 Å². The molecule has 7 nitrogen and oxygen atoms in total. The van der Waals surface area contributed by atoms with Crippen LogP contribution in [-0.4, -0.2) is 28.4 Å². The molecule has 0 bridgehead atoms. The normalized spacial score (nSPS) is 10.6. The van der Waals surface area contributed by atoms with E-state index in [2.05, 4.69) is 10.3 Å². The van der Waals surface area contributed by atoms with E-state index in [9.17, 15) is 14.4 Å². The lowest BCUT2D eigenvalue weighted by atomic mass is 10.1. The number of para-hydroxylation sites is 2. The highest BCUT2D eigenvalue weighted by atomic mass is 16.5. The Hall–Kier alpha value is -4.26. The fraction of sp³-hybridized carbons (Fsp3) is 0.0833. The van der Waals surface area contributed by atoms with Gasteiger partial charge in [0.15, 0.2) is 5.78 Å². The molecule has 0 fully saturated rings. The third-order valence-electron chi connectivity index (χ3n) is 4.89. The third kappa shape index (κ3) is 3.93. The number of hydrogen-bond acceptors (Lipinski definition) is 5. The molecule has 0 atom stereocenters. The highest BCUT2D eigenvalue weighted by molar-refractivity contribution is 6.06. The number of ketones is 1. The molecule has 1 aromatic heterocycles. The average Bonchev–Trinajstić information content (AvgIpc) is 2.79. The Morgan fingerprint density at radius 1 is 0.968 bits per heavy atom. The summed E-state index contributed by atoms with van der Waals surface area (Å²) in [6, 6.07) is 18.6. The third-order valence-corrected chi connectivity index (χ3v) is 4.89. The lowest BCUT2D eigenvalue weighted by Crippen LogP contribution is -2.20. The van der Waals surface area contributed by atoms with E-state index >= 15 is 0 Å². The van der Waals surface area contributed by atoms with E-state index < -0.39 is 0 Å². The van der Waals surface area contributed by atoms with Crippen molar-refractivity contribution in [2.24, 2.45) is 0 Å². The van der Waals surface area contributed by atoms with Crippen molar-refractivity contribution < 1.29 is 14.3 Å². The van der Waals surface area contributed by atoms with Gasteiger partial charge in [-0.15, -0.1) is 0 Å². The number of anilines is 1. The Labute approximate surface area is 177 Å². The lowest BCUT2D eigenvalue weighted by Gasteiger charge is -2.11. The Kier molecular flexibility index (Phi) is 5.32. The summed E-state index contributed by atoms with van der Waals surface area (Å²) >= 11 is 0. The van der Waals surface area contributed by atoms with Crippen LogP contribution in [-0.2, 0) is 0 Å². The number of fused-ring (bicyclic) bond motifs is 1. The van der Waals surface area contributed by atoms with Gasteiger partial charge in [-0.05, 0) is 49.4 Å². The molecule has 0 saturated heterocycles. The van der Waals surface area contributed by atoms with Gasteiger partial charge >= 0.3 is 0 Å². The first-order valence-corrected chi connectivity index (χ1v) is 9.55. The van der Waals surface area contributed by atoms with Gasteiger partial charge in [-0.25, -0.2) is 4.98 Å². The van der Waals surface area contributed by atoms with Gasteiger partial charge < -0.3 is 10.1 Å². The molecule has 0 spiro atoms. The summed E-state index contributed by atoms with van der Waals surface area (Å²) in [5.74, 6) is 0.102. The molecular weight excluding hydrogens is 394 g/mol. The first-order valence-electron chi connectivity index (χ1n) is 9.55. The second kappa shape index (κ2) is 8.23. The van der Waals surface area contributed by atoms with Crippen molar-refractivity contribution in [1.82, 2.24) is 9.55 Å². The molecule has 1 heterocycles. The molecule has 1 N–H and O–H groups in total. The smallest absolute Gasteiger partial charge is 0.265 e. The number of nitrogens with one attached hydrogen (secondary N) is 1. The Bertz CT molecular complexity index is 1370. The maximum atomic E-state index is 13.0. The van der Waals surface area contributed by atoms with E-state index in [-0.39, 0.29) is 17.2 Å². The van der Waals surface area contributed by atoms with Gasteiger partial charge in [-0.3, -0.25) is 19.0 Å². The predicted octanol–water partition coefficient (Wildman–Crippen LogP) is 3.85. The van der Waals surface area contributed by atoms with Crippen LogP contribution in [0.5, 0.6) is 5.75 Å². The Morgan fingerprint density at radius 3 is 2.55 bits per heavy atom. The van der Waals surface area contributed by atoms with Crippen LogP contribution in [0.15, 0.2) is 77.9 Å². The predicted molar refractivity (Wildman–Crippen MR) is 118 cm³/mol. The van der Waals surface area contributed by atoms with E-state index in [4.69, 9.17) is 4.74 Å². The lowest BCUT2D eigenvalue weighted by molar-refractivity contribution is 0.101. The molecule has 0 aliphatic heterocycles. The van der Waals surface area contributed by atoms with Crippen LogP contribution in [0.2, 0.25) is 0 Å². The summed E-state index contributed by atoms with van der Waals surface area (Å²) in [6.45, 7) is 1.47. The number of rotatable bonds is 5. The minimum Gasteiger partial charge on any atom is -0.495 e. The molecule has 3 aromatic carbocycles. The van der Waals surface area contributed by atoms with Gasteiger partial charge in [0.25, 0.3) is 11.5 Å². The number of carbonyl (C=O) groups excluding carboxylic acids is 2.